The van der Waals surface area contributed by atoms with Gasteiger partial charge >= 0.3 is 11.9 Å². The van der Waals surface area contributed by atoms with Crippen molar-refractivity contribution in [1.29, 1.82) is 0 Å². The van der Waals surface area contributed by atoms with Crippen LogP contribution in [0, 0.1) is 0 Å². The van der Waals surface area contributed by atoms with Gasteiger partial charge in [-0.3, -0.25) is 0 Å². The molecular formula is C13H10O4. The lowest BCUT2D eigenvalue weighted by Crippen LogP contribution is -2.09. The molecule has 86 valence electrons. The van der Waals surface area contributed by atoms with E-state index >= 15 is 0 Å². The summed E-state index contributed by atoms with van der Waals surface area (Å²) in [5, 5.41) is 18.2. The van der Waals surface area contributed by atoms with Crippen LogP contribution in [0.3, 0.4) is 0 Å². The predicted octanol–water partition coefficient (Wildman–Crippen LogP) is 1.72. The number of fused-ring (bicyclic) bond motifs is 1. The minimum absolute atomic E-state index is 0.151. The van der Waals surface area contributed by atoms with Gasteiger partial charge in [0.05, 0.1) is 11.1 Å². The van der Waals surface area contributed by atoms with Gasteiger partial charge in [0, 0.05) is 0 Å². The molecule has 0 heterocycles. The fourth-order valence-electron chi connectivity index (χ4n) is 1.88. The van der Waals surface area contributed by atoms with Crippen LogP contribution in [0.1, 0.15) is 11.1 Å². The minimum atomic E-state index is -1.23. The van der Waals surface area contributed by atoms with Gasteiger partial charge in [0.2, 0.25) is 0 Å². The number of benzene rings is 1. The maximum absolute atomic E-state index is 11.2. The van der Waals surface area contributed by atoms with E-state index in [0.717, 1.165) is 5.56 Å². The molecule has 1 aromatic rings. The Bertz CT molecular complexity index is 552. The molecule has 4 heteroatoms. The van der Waals surface area contributed by atoms with Gasteiger partial charge in [-0.25, -0.2) is 9.59 Å². The molecular weight excluding hydrogens is 220 g/mol. The highest BCUT2D eigenvalue weighted by Gasteiger charge is 2.23. The molecule has 1 aliphatic carbocycles. The number of allylic oxidation sites excluding steroid dienone is 1. The third-order valence-corrected chi connectivity index (χ3v) is 2.62. The van der Waals surface area contributed by atoms with Crippen molar-refractivity contribution in [2.45, 2.75) is 6.42 Å². The average Bonchev–Trinajstić information content (AvgIpc) is 2.47. The van der Waals surface area contributed by atoms with Crippen molar-refractivity contribution in [3.63, 3.8) is 0 Å². The molecule has 0 saturated heterocycles. The molecule has 0 fully saturated rings. The zero-order valence-electron chi connectivity index (χ0n) is 8.88. The number of rotatable bonds is 2. The van der Waals surface area contributed by atoms with Crippen molar-refractivity contribution in [3.05, 3.63) is 53.1 Å². The van der Waals surface area contributed by atoms with Crippen LogP contribution in [0.15, 0.2) is 42.0 Å². The highest BCUT2D eigenvalue weighted by atomic mass is 16.4. The van der Waals surface area contributed by atoms with Gasteiger partial charge in [-0.1, -0.05) is 36.4 Å². The monoisotopic (exact) mass is 230 g/mol. The smallest absolute Gasteiger partial charge is 0.337 e. The third-order valence-electron chi connectivity index (χ3n) is 2.62. The fraction of sp³-hybridized carbons (Fsp3) is 0.0769. The Morgan fingerprint density at radius 3 is 2.41 bits per heavy atom. The van der Waals surface area contributed by atoms with E-state index in [1.807, 2.05) is 0 Å². The van der Waals surface area contributed by atoms with Crippen molar-refractivity contribution in [3.8, 4) is 0 Å². The molecule has 0 saturated carbocycles. The zero-order valence-corrected chi connectivity index (χ0v) is 8.88. The van der Waals surface area contributed by atoms with Crippen molar-refractivity contribution in [2.75, 3.05) is 0 Å². The van der Waals surface area contributed by atoms with E-state index < -0.39 is 11.9 Å². The first-order chi connectivity index (χ1) is 8.11. The quantitative estimate of drug-likeness (QED) is 0.811. The van der Waals surface area contributed by atoms with Crippen LogP contribution >= 0.6 is 0 Å². The Kier molecular flexibility index (Phi) is 2.78. The molecule has 0 aromatic heterocycles. The van der Waals surface area contributed by atoms with Crippen molar-refractivity contribution >= 4 is 17.5 Å². The van der Waals surface area contributed by atoms with Crippen molar-refractivity contribution in [1.82, 2.24) is 0 Å². The van der Waals surface area contributed by atoms with Gasteiger partial charge in [0.25, 0.3) is 0 Å². The normalized spacial score (nSPS) is 14.1. The second-order valence-electron chi connectivity index (χ2n) is 3.66. The molecule has 1 aliphatic rings. The molecule has 4 nitrogen and oxygen atoms in total. The summed E-state index contributed by atoms with van der Waals surface area (Å²) in [5.74, 6) is -2.45. The first-order valence-corrected chi connectivity index (χ1v) is 5.07. The summed E-state index contributed by atoms with van der Waals surface area (Å²) in [5.41, 5.74) is 0.962. The Morgan fingerprint density at radius 2 is 1.76 bits per heavy atom. The van der Waals surface area contributed by atoms with E-state index in [4.69, 9.17) is 5.11 Å². The second kappa shape index (κ2) is 4.25. The summed E-state index contributed by atoms with van der Waals surface area (Å²) < 4.78 is 0. The standard InChI is InChI=1S/C13H10O4/c14-12(15)10-7-3-5-8-4-1-2-6-9(8)11(10)13(16)17/h1-4,6-7H,5H2,(H,14,15)(H,16,17). The summed E-state index contributed by atoms with van der Waals surface area (Å²) in [6, 6.07) is 6.94. The largest absolute Gasteiger partial charge is 0.478 e. The second-order valence-corrected chi connectivity index (χ2v) is 3.66. The number of hydrogen-bond donors (Lipinski definition) is 2. The van der Waals surface area contributed by atoms with E-state index in [1.165, 1.54) is 6.08 Å². The van der Waals surface area contributed by atoms with E-state index in [-0.39, 0.29) is 11.1 Å². The zero-order chi connectivity index (χ0) is 12.4. The minimum Gasteiger partial charge on any atom is -0.478 e. The van der Waals surface area contributed by atoms with Crippen molar-refractivity contribution < 1.29 is 19.8 Å². The summed E-state index contributed by atoms with van der Waals surface area (Å²) in [4.78, 5) is 22.3. The fourth-order valence-corrected chi connectivity index (χ4v) is 1.88. The molecule has 0 amide bonds. The molecule has 17 heavy (non-hydrogen) atoms. The van der Waals surface area contributed by atoms with Crippen LogP contribution in [0.25, 0.3) is 5.57 Å². The molecule has 2 rings (SSSR count). The number of carboxylic acid groups (broad SMARTS) is 2. The van der Waals surface area contributed by atoms with Gasteiger partial charge < -0.3 is 10.2 Å². The van der Waals surface area contributed by atoms with Gasteiger partial charge in [0.15, 0.2) is 0 Å². The number of hydrogen-bond acceptors (Lipinski definition) is 2. The van der Waals surface area contributed by atoms with Crippen molar-refractivity contribution in [2.24, 2.45) is 0 Å². The summed E-state index contributed by atoms with van der Waals surface area (Å²) in [7, 11) is 0. The van der Waals surface area contributed by atoms with Crippen LogP contribution < -0.4 is 0 Å². The molecule has 0 atom stereocenters. The molecule has 0 unspecified atom stereocenters. The molecule has 0 spiro atoms. The van der Waals surface area contributed by atoms with Gasteiger partial charge in [-0.15, -0.1) is 0 Å². The molecule has 0 bridgehead atoms. The van der Waals surface area contributed by atoms with Crippen LogP contribution in [0.4, 0.5) is 0 Å². The van der Waals surface area contributed by atoms with E-state index in [9.17, 15) is 14.7 Å². The summed E-state index contributed by atoms with van der Waals surface area (Å²) in [6.07, 6.45) is 3.55. The summed E-state index contributed by atoms with van der Waals surface area (Å²) in [6.45, 7) is 0. The van der Waals surface area contributed by atoms with E-state index in [2.05, 4.69) is 0 Å². The lowest BCUT2D eigenvalue weighted by molar-refractivity contribution is -0.134. The maximum Gasteiger partial charge on any atom is 0.337 e. The molecule has 0 aliphatic heterocycles. The number of carboxylic acids is 2. The first-order valence-electron chi connectivity index (χ1n) is 5.07. The average molecular weight is 230 g/mol. The Hall–Kier alpha value is -2.36. The lowest BCUT2D eigenvalue weighted by atomic mass is 9.96. The number of carbonyl (C=O) groups is 2. The van der Waals surface area contributed by atoms with Gasteiger partial charge in [-0.2, -0.15) is 0 Å². The highest BCUT2D eigenvalue weighted by molar-refractivity contribution is 6.23. The Labute approximate surface area is 97.5 Å². The highest BCUT2D eigenvalue weighted by Crippen LogP contribution is 2.27. The van der Waals surface area contributed by atoms with Crippen LogP contribution in [0.2, 0.25) is 0 Å². The van der Waals surface area contributed by atoms with E-state index in [1.54, 1.807) is 30.3 Å². The topological polar surface area (TPSA) is 74.6 Å². The van der Waals surface area contributed by atoms with Crippen LogP contribution in [-0.2, 0) is 16.0 Å². The van der Waals surface area contributed by atoms with Gasteiger partial charge in [0.1, 0.15) is 0 Å². The van der Waals surface area contributed by atoms with Crippen LogP contribution in [0.5, 0.6) is 0 Å². The Morgan fingerprint density at radius 1 is 1.06 bits per heavy atom. The molecule has 0 radical (unpaired) electrons. The third kappa shape index (κ3) is 1.97. The lowest BCUT2D eigenvalue weighted by Gasteiger charge is -2.08. The number of aliphatic carboxylic acids is 2. The maximum atomic E-state index is 11.2. The Balaban J connectivity index is 2.76. The molecule has 1 aromatic carbocycles. The first kappa shape index (κ1) is 11.1. The SMILES string of the molecule is O=C(O)C1=C(C(=O)O)c2ccccc2CC=C1. The van der Waals surface area contributed by atoms with E-state index in [0.29, 0.717) is 12.0 Å². The van der Waals surface area contributed by atoms with Gasteiger partial charge in [-0.05, 0) is 17.5 Å². The molecule has 2 N–H and O–H groups in total. The van der Waals surface area contributed by atoms with Crippen LogP contribution in [-0.4, -0.2) is 22.2 Å². The summed E-state index contributed by atoms with van der Waals surface area (Å²) >= 11 is 0. The predicted molar refractivity (Wildman–Crippen MR) is 61.5 cm³/mol.